The monoisotopic (exact) mass is 464 g/mol. The van der Waals surface area contributed by atoms with E-state index >= 15 is 0 Å². The van der Waals surface area contributed by atoms with Crippen LogP contribution in [0.3, 0.4) is 0 Å². The van der Waals surface area contributed by atoms with Gasteiger partial charge in [-0.25, -0.2) is 0 Å². The van der Waals surface area contributed by atoms with Crippen molar-refractivity contribution in [1.29, 1.82) is 10.8 Å². The average Bonchev–Trinajstić information content (AvgIpc) is 2.72. The van der Waals surface area contributed by atoms with Crippen LogP contribution in [0.15, 0.2) is 36.4 Å². The molecule has 0 unspecified atom stereocenters. The Morgan fingerprint density at radius 2 is 1.16 bits per heavy atom. The van der Waals surface area contributed by atoms with Gasteiger partial charge in [0, 0.05) is 36.3 Å². The van der Waals surface area contributed by atoms with Crippen LogP contribution in [0.2, 0.25) is 0 Å². The molecule has 8 N–H and O–H groups in total. The van der Waals surface area contributed by atoms with Crippen molar-refractivity contribution in [2.75, 3.05) is 23.7 Å². The second-order valence-corrected chi connectivity index (χ2v) is 6.72. The number of nitro groups is 2. The predicted molar refractivity (Wildman–Crippen MR) is 126 cm³/mol. The first kappa shape index (κ1) is 26.1. The van der Waals surface area contributed by atoms with Crippen LogP contribution in [0.5, 0.6) is 0 Å². The van der Waals surface area contributed by atoms with Crippen molar-refractivity contribution in [2.24, 2.45) is 11.5 Å². The first-order valence-corrected chi connectivity index (χ1v) is 9.44. The lowest BCUT2D eigenvalue weighted by atomic mass is 10.1. The van der Waals surface area contributed by atoms with Gasteiger partial charge in [-0.05, 0) is 43.5 Å². The number of nitrogens with two attached hydrogens (primary N) is 2. The predicted octanol–water partition coefficient (Wildman–Crippen LogP) is 3.19. The van der Waals surface area contributed by atoms with Gasteiger partial charge in [0.05, 0.1) is 9.85 Å². The van der Waals surface area contributed by atoms with Crippen molar-refractivity contribution in [3.63, 3.8) is 0 Å². The Morgan fingerprint density at radius 1 is 0.781 bits per heavy atom. The number of benzene rings is 2. The number of nitro benzene ring substituents is 2. The molecule has 0 aromatic heterocycles. The van der Waals surface area contributed by atoms with E-state index in [2.05, 4.69) is 10.6 Å². The quantitative estimate of drug-likeness (QED) is 0.0899. The standard InChI is InChI=1S/C19H24N8O4.ClH/c20-18(21)12-4-6-14(16(10-12)26(28)29)24-8-2-1-3-9-25-15-7-5-13(19(22)23)11-17(15)27(30)31;/h4-7,10-11,24-25H,1-3,8-9H2,(H3,20,21)(H3,22,23);1H. The van der Waals surface area contributed by atoms with Crippen molar-refractivity contribution in [2.45, 2.75) is 19.3 Å². The minimum Gasteiger partial charge on any atom is -0.384 e. The summed E-state index contributed by atoms with van der Waals surface area (Å²) in [4.78, 5) is 21.4. The van der Waals surface area contributed by atoms with Crippen molar-refractivity contribution < 1.29 is 9.85 Å². The molecular formula is C19H25ClN8O4. The Kier molecular flexibility index (Phi) is 9.83. The van der Waals surface area contributed by atoms with Gasteiger partial charge in [-0.15, -0.1) is 12.4 Å². The first-order valence-electron chi connectivity index (χ1n) is 9.44. The number of halogens is 1. The molecule has 0 aliphatic rings. The third-order valence-corrected chi connectivity index (χ3v) is 4.50. The molecule has 2 aromatic rings. The van der Waals surface area contributed by atoms with Crippen LogP contribution < -0.4 is 22.1 Å². The SMILES string of the molecule is Cl.N=C(N)c1ccc(NCCCCCNc2ccc(C(=N)N)cc2[N+](=O)[O-])c([N+](=O)[O-])c1. The molecule has 2 aromatic carbocycles. The summed E-state index contributed by atoms with van der Waals surface area (Å²) in [6.07, 6.45) is 2.26. The van der Waals surface area contributed by atoms with E-state index in [1.807, 2.05) is 0 Å². The van der Waals surface area contributed by atoms with Crippen LogP contribution in [-0.2, 0) is 0 Å². The highest BCUT2D eigenvalue weighted by Crippen LogP contribution is 2.26. The van der Waals surface area contributed by atoms with Gasteiger partial charge in [0.2, 0.25) is 0 Å². The van der Waals surface area contributed by atoms with Crippen LogP contribution >= 0.6 is 12.4 Å². The Bertz CT molecular complexity index is 935. The molecule has 2 rings (SSSR count). The first-order chi connectivity index (χ1) is 14.7. The zero-order valence-corrected chi connectivity index (χ0v) is 17.9. The molecule has 0 heterocycles. The zero-order valence-electron chi connectivity index (χ0n) is 17.1. The number of amidine groups is 2. The number of anilines is 2. The van der Waals surface area contributed by atoms with Crippen LogP contribution in [0.1, 0.15) is 30.4 Å². The number of nitrogens with one attached hydrogen (secondary N) is 4. The molecule has 0 aliphatic carbocycles. The molecule has 0 atom stereocenters. The fraction of sp³-hybridized carbons (Fsp3) is 0.263. The molecular weight excluding hydrogens is 440 g/mol. The highest BCUT2D eigenvalue weighted by Gasteiger charge is 2.16. The maximum absolute atomic E-state index is 11.2. The third kappa shape index (κ3) is 7.09. The van der Waals surface area contributed by atoms with E-state index in [9.17, 15) is 20.2 Å². The summed E-state index contributed by atoms with van der Waals surface area (Å²) < 4.78 is 0. The van der Waals surface area contributed by atoms with E-state index in [0.717, 1.165) is 19.3 Å². The molecule has 172 valence electrons. The second-order valence-electron chi connectivity index (χ2n) is 6.72. The van der Waals surface area contributed by atoms with E-state index in [4.69, 9.17) is 22.3 Å². The number of rotatable bonds is 12. The van der Waals surface area contributed by atoms with E-state index in [-0.39, 0.29) is 46.6 Å². The van der Waals surface area contributed by atoms with Gasteiger partial charge in [0.15, 0.2) is 0 Å². The maximum Gasteiger partial charge on any atom is 0.293 e. The Morgan fingerprint density at radius 3 is 1.47 bits per heavy atom. The van der Waals surface area contributed by atoms with Gasteiger partial charge in [-0.2, -0.15) is 0 Å². The van der Waals surface area contributed by atoms with Crippen molar-refractivity contribution >= 4 is 46.8 Å². The topological polar surface area (TPSA) is 210 Å². The van der Waals surface area contributed by atoms with E-state index in [1.165, 1.54) is 24.3 Å². The van der Waals surface area contributed by atoms with Gasteiger partial charge < -0.3 is 22.1 Å². The van der Waals surface area contributed by atoms with Crippen molar-refractivity contribution in [1.82, 2.24) is 0 Å². The third-order valence-electron chi connectivity index (χ3n) is 4.50. The summed E-state index contributed by atoms with van der Waals surface area (Å²) in [6.45, 7) is 1.02. The molecule has 0 fully saturated rings. The highest BCUT2D eigenvalue weighted by atomic mass is 35.5. The number of nitrogen functional groups attached to an aromatic ring is 2. The Balaban J connectivity index is 0.00000512. The van der Waals surface area contributed by atoms with E-state index < -0.39 is 9.85 Å². The van der Waals surface area contributed by atoms with Crippen LogP contribution in [0, 0.1) is 31.0 Å². The lowest BCUT2D eigenvalue weighted by Crippen LogP contribution is -2.12. The molecule has 32 heavy (non-hydrogen) atoms. The lowest BCUT2D eigenvalue weighted by Gasteiger charge is -2.10. The summed E-state index contributed by atoms with van der Waals surface area (Å²) in [5, 5.41) is 43.2. The number of nitrogens with zero attached hydrogens (tertiary/aromatic N) is 2. The average molecular weight is 465 g/mol. The molecule has 13 heteroatoms. The second kappa shape index (κ2) is 12.1. The van der Waals surface area contributed by atoms with Crippen LogP contribution in [0.25, 0.3) is 0 Å². The smallest absolute Gasteiger partial charge is 0.293 e. The minimum atomic E-state index is -0.525. The van der Waals surface area contributed by atoms with E-state index in [1.54, 1.807) is 12.1 Å². The van der Waals surface area contributed by atoms with Gasteiger partial charge in [-0.1, -0.05) is 0 Å². The number of hydrogen-bond acceptors (Lipinski definition) is 8. The molecule has 0 aliphatic heterocycles. The van der Waals surface area contributed by atoms with Crippen molar-refractivity contribution in [3.05, 3.63) is 67.8 Å². The summed E-state index contributed by atoms with van der Waals surface area (Å²) in [7, 11) is 0. The van der Waals surface area contributed by atoms with Crippen LogP contribution in [-0.4, -0.2) is 34.6 Å². The van der Waals surface area contributed by atoms with Crippen molar-refractivity contribution in [3.8, 4) is 0 Å². The summed E-state index contributed by atoms with van der Waals surface area (Å²) in [5.74, 6) is -0.475. The molecule has 0 spiro atoms. The Labute approximate surface area is 190 Å². The normalized spacial score (nSPS) is 10.0. The molecule has 0 radical (unpaired) electrons. The fourth-order valence-electron chi connectivity index (χ4n) is 2.87. The molecule has 0 amide bonds. The largest absolute Gasteiger partial charge is 0.384 e. The maximum atomic E-state index is 11.2. The Hall–Kier alpha value is -3.93. The molecule has 12 nitrogen and oxygen atoms in total. The minimum absolute atomic E-state index is 0. The lowest BCUT2D eigenvalue weighted by molar-refractivity contribution is -0.384. The molecule has 0 saturated carbocycles. The summed E-state index contributed by atoms with van der Waals surface area (Å²) >= 11 is 0. The van der Waals surface area contributed by atoms with Crippen LogP contribution in [0.4, 0.5) is 22.7 Å². The zero-order chi connectivity index (χ0) is 23.0. The van der Waals surface area contributed by atoms with Gasteiger partial charge >= 0.3 is 0 Å². The van der Waals surface area contributed by atoms with Gasteiger partial charge in [-0.3, -0.25) is 31.0 Å². The summed E-state index contributed by atoms with van der Waals surface area (Å²) in [5.41, 5.74) is 11.7. The fourth-order valence-corrected chi connectivity index (χ4v) is 2.87. The number of unbranched alkanes of at least 4 members (excludes halogenated alkanes) is 2. The summed E-state index contributed by atoms with van der Waals surface area (Å²) in [6, 6.07) is 8.68. The number of hydrogen-bond donors (Lipinski definition) is 6. The van der Waals surface area contributed by atoms with E-state index in [0.29, 0.717) is 24.5 Å². The molecule has 0 bridgehead atoms. The van der Waals surface area contributed by atoms with Gasteiger partial charge in [0.1, 0.15) is 23.0 Å². The molecule has 0 saturated heterocycles. The highest BCUT2D eigenvalue weighted by molar-refractivity contribution is 5.97. The van der Waals surface area contributed by atoms with Gasteiger partial charge in [0.25, 0.3) is 11.4 Å².